The van der Waals surface area contributed by atoms with E-state index < -0.39 is 14.1 Å². The minimum Gasteiger partial charge on any atom is -0.109 e. The standard InChI is InChI=1S/C10H6Cl6/c11-6-7(12)9(14)5-3-1-2-4(5)8(6,13)10(9,15)16/h1-2,4-5H,3H2/t4-,5+,8+,9-/m1/s1. The number of hydrogen-bond donors (Lipinski definition) is 0. The zero-order valence-corrected chi connectivity index (χ0v) is 12.3. The molecular weight excluding hydrogens is 333 g/mol. The molecule has 1 fully saturated rings. The van der Waals surface area contributed by atoms with Crippen molar-refractivity contribution in [1.82, 2.24) is 0 Å². The Labute approximate surface area is 123 Å². The van der Waals surface area contributed by atoms with Gasteiger partial charge in [0, 0.05) is 5.92 Å². The summed E-state index contributed by atoms with van der Waals surface area (Å²) in [5, 5.41) is 0.574. The van der Waals surface area contributed by atoms with Crippen molar-refractivity contribution in [2.45, 2.75) is 20.5 Å². The average molecular weight is 339 g/mol. The lowest BCUT2D eigenvalue weighted by atomic mass is 9.84. The van der Waals surface area contributed by atoms with E-state index in [0.717, 1.165) is 6.42 Å². The van der Waals surface area contributed by atoms with E-state index in [9.17, 15) is 0 Å². The van der Waals surface area contributed by atoms with Crippen molar-refractivity contribution in [3.05, 3.63) is 22.2 Å². The lowest BCUT2D eigenvalue weighted by Gasteiger charge is -2.33. The molecule has 3 rings (SSSR count). The summed E-state index contributed by atoms with van der Waals surface area (Å²) in [6.45, 7) is 0. The van der Waals surface area contributed by atoms with Gasteiger partial charge in [0.05, 0.1) is 10.1 Å². The summed E-state index contributed by atoms with van der Waals surface area (Å²) in [5.41, 5.74) is 0. The first-order valence-electron chi connectivity index (χ1n) is 4.78. The minimum atomic E-state index is -1.38. The van der Waals surface area contributed by atoms with Crippen LogP contribution in [0.2, 0.25) is 0 Å². The molecule has 0 amide bonds. The van der Waals surface area contributed by atoms with Crippen LogP contribution in [0.3, 0.4) is 0 Å². The van der Waals surface area contributed by atoms with Crippen molar-refractivity contribution in [2.75, 3.05) is 0 Å². The molecule has 0 aromatic rings. The van der Waals surface area contributed by atoms with Crippen LogP contribution in [0.25, 0.3) is 0 Å². The van der Waals surface area contributed by atoms with Crippen LogP contribution in [-0.2, 0) is 0 Å². The zero-order valence-electron chi connectivity index (χ0n) is 7.78. The quantitative estimate of drug-likeness (QED) is 0.429. The molecule has 2 bridgehead atoms. The van der Waals surface area contributed by atoms with Gasteiger partial charge >= 0.3 is 0 Å². The molecular formula is C10H6Cl6. The van der Waals surface area contributed by atoms with Crippen molar-refractivity contribution < 1.29 is 0 Å². The summed E-state index contributed by atoms with van der Waals surface area (Å²) in [7, 11) is 0. The summed E-state index contributed by atoms with van der Waals surface area (Å²) >= 11 is 38.2. The molecule has 0 aromatic carbocycles. The van der Waals surface area contributed by atoms with Gasteiger partial charge in [-0.1, -0.05) is 58.6 Å². The van der Waals surface area contributed by atoms with E-state index in [4.69, 9.17) is 69.6 Å². The summed E-state index contributed by atoms with van der Waals surface area (Å²) < 4.78 is -1.38. The smallest absolute Gasteiger partial charge is 0.109 e. The largest absolute Gasteiger partial charge is 0.167 e. The molecule has 0 unspecified atom stereocenters. The van der Waals surface area contributed by atoms with Crippen molar-refractivity contribution in [3.8, 4) is 0 Å². The lowest BCUT2D eigenvalue weighted by Crippen LogP contribution is -2.44. The van der Waals surface area contributed by atoms with Gasteiger partial charge in [-0.3, -0.25) is 0 Å². The normalized spacial score (nSPS) is 52.6. The number of rotatable bonds is 0. The molecule has 0 aromatic heterocycles. The van der Waals surface area contributed by atoms with Crippen LogP contribution in [0.15, 0.2) is 22.2 Å². The van der Waals surface area contributed by atoms with Crippen molar-refractivity contribution in [1.29, 1.82) is 0 Å². The SMILES string of the molecule is ClC1=C(Cl)[C@]2(Cl)[C@H]3CC=C[C@H]3[C@@]1(Cl)C2(Cl)Cl. The van der Waals surface area contributed by atoms with Gasteiger partial charge in [-0.15, -0.1) is 23.2 Å². The highest BCUT2D eigenvalue weighted by molar-refractivity contribution is 6.65. The fraction of sp³-hybridized carbons (Fsp3) is 0.600. The molecule has 6 heteroatoms. The van der Waals surface area contributed by atoms with Crippen LogP contribution < -0.4 is 0 Å². The van der Waals surface area contributed by atoms with Gasteiger partial charge in [-0.05, 0) is 12.3 Å². The first kappa shape index (κ1) is 12.3. The third-order valence-corrected chi connectivity index (χ3v) is 8.20. The number of alkyl halides is 4. The molecule has 0 saturated heterocycles. The number of fused-ring (bicyclic) bond motifs is 5. The molecule has 88 valence electrons. The highest BCUT2D eigenvalue weighted by Gasteiger charge is 2.81. The van der Waals surface area contributed by atoms with E-state index in [2.05, 4.69) is 0 Å². The Balaban J connectivity index is 2.32. The Kier molecular flexibility index (Phi) is 2.46. The second kappa shape index (κ2) is 3.21. The van der Waals surface area contributed by atoms with Gasteiger partial charge in [0.1, 0.15) is 9.75 Å². The summed E-state index contributed by atoms with van der Waals surface area (Å²) in [4.78, 5) is -2.18. The maximum Gasteiger partial charge on any atom is 0.167 e. The highest BCUT2D eigenvalue weighted by atomic mass is 35.5. The Hall–Kier alpha value is 1.22. The third-order valence-electron chi connectivity index (χ3n) is 3.88. The summed E-state index contributed by atoms with van der Waals surface area (Å²) in [6, 6.07) is 0. The van der Waals surface area contributed by atoms with Crippen LogP contribution >= 0.6 is 69.6 Å². The van der Waals surface area contributed by atoms with E-state index >= 15 is 0 Å². The minimum absolute atomic E-state index is 0.0108. The summed E-state index contributed by atoms with van der Waals surface area (Å²) in [5.74, 6) is -0.0478. The van der Waals surface area contributed by atoms with E-state index in [1.807, 2.05) is 12.2 Å². The highest BCUT2D eigenvalue weighted by Crippen LogP contribution is 2.77. The van der Waals surface area contributed by atoms with Crippen LogP contribution in [0.5, 0.6) is 0 Å². The predicted molar refractivity (Wildman–Crippen MR) is 71.1 cm³/mol. The van der Waals surface area contributed by atoms with Crippen molar-refractivity contribution in [3.63, 3.8) is 0 Å². The van der Waals surface area contributed by atoms with E-state index in [1.165, 1.54) is 0 Å². The Morgan fingerprint density at radius 3 is 2.19 bits per heavy atom. The molecule has 3 aliphatic rings. The average Bonchev–Trinajstić information content (AvgIpc) is 2.78. The molecule has 1 saturated carbocycles. The Morgan fingerprint density at radius 1 is 1.00 bits per heavy atom. The third kappa shape index (κ3) is 0.940. The Morgan fingerprint density at radius 2 is 1.56 bits per heavy atom. The maximum absolute atomic E-state index is 6.56. The molecule has 16 heavy (non-hydrogen) atoms. The molecule has 4 atom stereocenters. The second-order valence-electron chi connectivity index (χ2n) is 4.42. The van der Waals surface area contributed by atoms with Gasteiger partial charge in [-0.2, -0.15) is 0 Å². The van der Waals surface area contributed by atoms with Gasteiger partial charge in [-0.25, -0.2) is 0 Å². The molecule has 0 nitrogen and oxygen atoms in total. The topological polar surface area (TPSA) is 0 Å². The van der Waals surface area contributed by atoms with Gasteiger partial charge in [0.2, 0.25) is 0 Å². The number of halogens is 6. The predicted octanol–water partition coefficient (Wildman–Crippen LogP) is 5.02. The lowest BCUT2D eigenvalue weighted by molar-refractivity contribution is 0.416. The molecule has 3 aliphatic carbocycles. The van der Waals surface area contributed by atoms with Crippen LogP contribution in [-0.4, -0.2) is 14.1 Å². The van der Waals surface area contributed by atoms with Crippen LogP contribution in [0, 0.1) is 11.8 Å². The van der Waals surface area contributed by atoms with Crippen molar-refractivity contribution >= 4 is 69.6 Å². The second-order valence-corrected chi connectivity index (χ2v) is 7.70. The van der Waals surface area contributed by atoms with Gasteiger partial charge in [0.15, 0.2) is 4.33 Å². The van der Waals surface area contributed by atoms with Crippen molar-refractivity contribution in [2.24, 2.45) is 11.8 Å². The molecule has 0 heterocycles. The van der Waals surface area contributed by atoms with E-state index in [0.29, 0.717) is 5.03 Å². The fourth-order valence-corrected chi connectivity index (χ4v) is 6.12. The number of allylic oxidation sites excluding steroid dienone is 4. The van der Waals surface area contributed by atoms with Gasteiger partial charge in [0.25, 0.3) is 0 Å². The molecule has 0 N–H and O–H groups in total. The molecule has 0 radical (unpaired) electrons. The monoisotopic (exact) mass is 336 g/mol. The fourth-order valence-electron chi connectivity index (χ4n) is 3.08. The molecule has 0 aliphatic heterocycles. The first-order valence-corrected chi connectivity index (χ1v) is 7.05. The molecule has 0 spiro atoms. The number of hydrogen-bond acceptors (Lipinski definition) is 0. The summed E-state index contributed by atoms with van der Waals surface area (Å²) in [6.07, 6.45) is 4.77. The van der Waals surface area contributed by atoms with Crippen LogP contribution in [0.4, 0.5) is 0 Å². The Bertz CT molecular complexity index is 439. The van der Waals surface area contributed by atoms with Gasteiger partial charge < -0.3 is 0 Å². The zero-order chi connectivity index (χ0) is 11.9. The first-order chi connectivity index (χ1) is 7.29. The maximum atomic E-state index is 6.56. The van der Waals surface area contributed by atoms with Crippen LogP contribution in [0.1, 0.15) is 6.42 Å². The van der Waals surface area contributed by atoms with E-state index in [-0.39, 0.29) is 16.9 Å². The van der Waals surface area contributed by atoms with E-state index in [1.54, 1.807) is 0 Å².